The van der Waals surface area contributed by atoms with E-state index in [9.17, 15) is 15.3 Å². The van der Waals surface area contributed by atoms with E-state index in [4.69, 9.17) is 0 Å². The Morgan fingerprint density at radius 3 is 2.38 bits per heavy atom. The smallest absolute Gasteiger partial charge is 0.0991 e. The Balaban J connectivity index is 0.000000845. The van der Waals surface area contributed by atoms with Gasteiger partial charge in [-0.05, 0) is 19.4 Å². The summed E-state index contributed by atoms with van der Waals surface area (Å²) < 4.78 is 0. The van der Waals surface area contributed by atoms with E-state index in [0.717, 1.165) is 19.4 Å². The molecule has 2 rings (SSSR count). The number of nitrogens with zero attached hydrogens (tertiary/aromatic N) is 1. The third-order valence-electron chi connectivity index (χ3n) is 2.93. The van der Waals surface area contributed by atoms with Crippen molar-refractivity contribution in [2.45, 2.75) is 37.2 Å². The van der Waals surface area contributed by atoms with Crippen LogP contribution in [-0.4, -0.2) is 57.7 Å². The van der Waals surface area contributed by atoms with Gasteiger partial charge in [-0.1, -0.05) is 0 Å². The van der Waals surface area contributed by atoms with Crippen LogP contribution in [0, 0.1) is 0 Å². The molecular formula is C8H16FNO3. The molecule has 0 aliphatic carbocycles. The summed E-state index contributed by atoms with van der Waals surface area (Å²) in [5.74, 6) is 0. The maximum Gasteiger partial charge on any atom is 0.0991 e. The van der Waals surface area contributed by atoms with Crippen LogP contribution in [0.5, 0.6) is 0 Å². The van der Waals surface area contributed by atoms with E-state index in [0.29, 0.717) is 6.54 Å². The quantitative estimate of drug-likeness (QED) is 0.447. The molecule has 0 amide bonds. The number of aliphatic hydroxyl groups excluding tert-OH is 3. The van der Waals surface area contributed by atoms with E-state index in [1.54, 1.807) is 0 Å². The molecule has 2 aliphatic heterocycles. The molecule has 0 radical (unpaired) electrons. The minimum absolute atomic E-state index is 0. The van der Waals surface area contributed by atoms with Crippen molar-refractivity contribution in [1.82, 2.24) is 4.90 Å². The van der Waals surface area contributed by atoms with Crippen LogP contribution in [-0.2, 0) is 0 Å². The number of rotatable bonds is 0. The Bertz CT molecular complexity index is 181. The lowest BCUT2D eigenvalue weighted by molar-refractivity contribution is -0.0282. The first kappa shape index (κ1) is 10.8. The lowest BCUT2D eigenvalue weighted by Crippen LogP contribution is -2.48. The molecule has 2 aliphatic rings. The third kappa shape index (κ3) is 1.69. The van der Waals surface area contributed by atoms with Crippen molar-refractivity contribution in [3.05, 3.63) is 0 Å². The molecule has 78 valence electrons. The SMILES string of the molecule is F.O[C@H]1[C@H]2[C@H](O)CCCN2C[C@H]1O. The fraction of sp³-hybridized carbons (Fsp3) is 1.00. The monoisotopic (exact) mass is 193 g/mol. The lowest BCUT2D eigenvalue weighted by atomic mass is 9.97. The van der Waals surface area contributed by atoms with Gasteiger partial charge in [0.2, 0.25) is 0 Å². The molecule has 3 N–H and O–H groups in total. The molecule has 4 atom stereocenters. The Kier molecular flexibility index (Phi) is 3.23. The van der Waals surface area contributed by atoms with Gasteiger partial charge in [0, 0.05) is 6.54 Å². The van der Waals surface area contributed by atoms with Crippen molar-refractivity contribution >= 4 is 0 Å². The van der Waals surface area contributed by atoms with Crippen LogP contribution in [0.4, 0.5) is 4.70 Å². The van der Waals surface area contributed by atoms with Gasteiger partial charge in [0.05, 0.1) is 24.4 Å². The molecule has 0 spiro atoms. The minimum Gasteiger partial charge on any atom is -0.391 e. The van der Waals surface area contributed by atoms with Crippen molar-refractivity contribution in [3.8, 4) is 0 Å². The fourth-order valence-corrected chi connectivity index (χ4v) is 2.30. The van der Waals surface area contributed by atoms with Crippen molar-refractivity contribution in [2.24, 2.45) is 0 Å². The van der Waals surface area contributed by atoms with E-state index in [1.165, 1.54) is 0 Å². The highest BCUT2D eigenvalue weighted by atomic mass is 19.0. The second kappa shape index (κ2) is 3.88. The molecule has 0 aromatic heterocycles. The van der Waals surface area contributed by atoms with E-state index < -0.39 is 18.3 Å². The molecule has 0 saturated carbocycles. The molecule has 2 heterocycles. The van der Waals surface area contributed by atoms with E-state index >= 15 is 0 Å². The first-order chi connectivity index (χ1) is 5.70. The van der Waals surface area contributed by atoms with Crippen LogP contribution < -0.4 is 0 Å². The summed E-state index contributed by atoms with van der Waals surface area (Å²) in [5.41, 5.74) is 0. The zero-order chi connectivity index (χ0) is 8.72. The summed E-state index contributed by atoms with van der Waals surface area (Å²) in [5, 5.41) is 28.4. The summed E-state index contributed by atoms with van der Waals surface area (Å²) in [6, 6.07) is -0.228. The molecule has 13 heavy (non-hydrogen) atoms. The number of halogens is 1. The predicted octanol–water partition coefficient (Wildman–Crippen LogP) is -1.30. The van der Waals surface area contributed by atoms with Gasteiger partial charge in [-0.15, -0.1) is 0 Å². The Morgan fingerprint density at radius 2 is 1.77 bits per heavy atom. The van der Waals surface area contributed by atoms with Crippen molar-refractivity contribution in [3.63, 3.8) is 0 Å². The maximum absolute atomic E-state index is 9.55. The fourth-order valence-electron chi connectivity index (χ4n) is 2.30. The lowest BCUT2D eigenvalue weighted by Gasteiger charge is -2.34. The van der Waals surface area contributed by atoms with Crippen molar-refractivity contribution in [2.75, 3.05) is 13.1 Å². The molecule has 0 aromatic rings. The van der Waals surface area contributed by atoms with E-state index in [1.807, 2.05) is 4.90 Å². The van der Waals surface area contributed by atoms with Crippen LogP contribution in [0.15, 0.2) is 0 Å². The highest BCUT2D eigenvalue weighted by molar-refractivity contribution is 4.99. The second-order valence-electron chi connectivity index (χ2n) is 3.75. The summed E-state index contributed by atoms with van der Waals surface area (Å²) in [6.45, 7) is 1.39. The largest absolute Gasteiger partial charge is 0.391 e. The van der Waals surface area contributed by atoms with Crippen LogP contribution >= 0.6 is 0 Å². The van der Waals surface area contributed by atoms with Gasteiger partial charge < -0.3 is 15.3 Å². The Hall–Kier alpha value is -0.230. The zero-order valence-electron chi connectivity index (χ0n) is 7.33. The van der Waals surface area contributed by atoms with Crippen LogP contribution in [0.1, 0.15) is 12.8 Å². The second-order valence-corrected chi connectivity index (χ2v) is 3.75. The molecular weight excluding hydrogens is 177 g/mol. The molecule has 2 fully saturated rings. The molecule has 0 bridgehead atoms. The minimum atomic E-state index is -0.764. The van der Waals surface area contributed by atoms with E-state index in [-0.39, 0.29) is 10.7 Å². The maximum atomic E-state index is 9.55. The van der Waals surface area contributed by atoms with Crippen LogP contribution in [0.2, 0.25) is 0 Å². The number of hydrogen-bond acceptors (Lipinski definition) is 4. The molecule has 4 nitrogen and oxygen atoms in total. The molecule has 0 aromatic carbocycles. The number of hydrogen-bond donors (Lipinski definition) is 3. The van der Waals surface area contributed by atoms with Crippen molar-refractivity contribution in [1.29, 1.82) is 0 Å². The number of aliphatic hydroxyl groups is 3. The van der Waals surface area contributed by atoms with E-state index in [2.05, 4.69) is 0 Å². The average Bonchev–Trinajstić information content (AvgIpc) is 2.29. The number of piperidine rings is 1. The van der Waals surface area contributed by atoms with Gasteiger partial charge >= 0.3 is 0 Å². The van der Waals surface area contributed by atoms with Gasteiger partial charge in [0.1, 0.15) is 0 Å². The number of fused-ring (bicyclic) bond motifs is 1. The van der Waals surface area contributed by atoms with Gasteiger partial charge in [-0.25, -0.2) is 0 Å². The first-order valence-corrected chi connectivity index (χ1v) is 4.48. The summed E-state index contributed by atoms with van der Waals surface area (Å²) in [4.78, 5) is 1.98. The highest BCUT2D eigenvalue weighted by Crippen LogP contribution is 2.27. The Labute approximate surface area is 76.2 Å². The summed E-state index contributed by atoms with van der Waals surface area (Å²) in [6.07, 6.45) is -0.212. The highest BCUT2D eigenvalue weighted by Gasteiger charge is 2.45. The van der Waals surface area contributed by atoms with Crippen LogP contribution in [0.25, 0.3) is 0 Å². The van der Waals surface area contributed by atoms with Gasteiger partial charge in [-0.2, -0.15) is 0 Å². The molecule has 0 unspecified atom stereocenters. The average molecular weight is 193 g/mol. The Morgan fingerprint density at radius 1 is 1.08 bits per heavy atom. The summed E-state index contributed by atoms with van der Waals surface area (Å²) in [7, 11) is 0. The molecule has 5 heteroatoms. The molecule has 2 saturated heterocycles. The third-order valence-corrected chi connectivity index (χ3v) is 2.93. The standard InChI is InChI=1S/C8H15NO3.FH/c10-5-2-1-3-9-4-6(11)8(12)7(5)9;/h5-8,10-12H,1-4H2;1H/t5-,6-,7-,8-;/m1./s1. The normalized spacial score (nSPS) is 45.5. The topological polar surface area (TPSA) is 63.9 Å². The first-order valence-electron chi connectivity index (χ1n) is 4.48. The zero-order valence-corrected chi connectivity index (χ0v) is 7.33. The van der Waals surface area contributed by atoms with Crippen molar-refractivity contribution < 1.29 is 20.0 Å². The van der Waals surface area contributed by atoms with Gasteiger partial charge in [-0.3, -0.25) is 9.60 Å². The van der Waals surface area contributed by atoms with Gasteiger partial charge in [0.15, 0.2) is 0 Å². The summed E-state index contributed by atoms with van der Waals surface area (Å²) >= 11 is 0. The van der Waals surface area contributed by atoms with Gasteiger partial charge in [0.25, 0.3) is 0 Å². The van der Waals surface area contributed by atoms with Crippen LogP contribution in [0.3, 0.4) is 0 Å². The predicted molar refractivity (Wildman–Crippen MR) is 45.1 cm³/mol.